The Hall–Kier alpha value is -1.03. The predicted molar refractivity (Wildman–Crippen MR) is 74.3 cm³/mol. The molecule has 2 rings (SSSR count). The average molecular weight is 285 g/mol. The first-order valence-electron chi connectivity index (χ1n) is 7.32. The van der Waals surface area contributed by atoms with Crippen LogP contribution in [0.3, 0.4) is 0 Å². The molecule has 4 heteroatoms. The summed E-state index contributed by atoms with van der Waals surface area (Å²) >= 11 is 0. The van der Waals surface area contributed by atoms with Gasteiger partial charge in [-0.2, -0.15) is 13.2 Å². The summed E-state index contributed by atoms with van der Waals surface area (Å²) in [7, 11) is 0. The zero-order chi connectivity index (χ0) is 14.6. The van der Waals surface area contributed by atoms with Gasteiger partial charge in [0, 0.05) is 6.54 Å². The second kappa shape index (κ2) is 6.61. The van der Waals surface area contributed by atoms with Gasteiger partial charge in [-0.15, -0.1) is 0 Å². The minimum atomic E-state index is -4.25. The molecule has 1 nitrogen and oxygen atoms in total. The van der Waals surface area contributed by atoms with Crippen LogP contribution in [0.1, 0.15) is 43.7 Å². The lowest BCUT2D eigenvalue weighted by Crippen LogP contribution is -2.26. The fourth-order valence-electron chi connectivity index (χ4n) is 2.98. The molecule has 1 aromatic carbocycles. The van der Waals surface area contributed by atoms with Crippen LogP contribution in [-0.2, 0) is 12.7 Å². The first-order valence-corrected chi connectivity index (χ1v) is 7.32. The van der Waals surface area contributed by atoms with E-state index in [1.807, 2.05) is 0 Å². The summed E-state index contributed by atoms with van der Waals surface area (Å²) in [5.74, 6) is 1.52. The lowest BCUT2D eigenvalue weighted by atomic mass is 9.82. The maximum Gasteiger partial charge on any atom is 0.416 e. The van der Waals surface area contributed by atoms with E-state index in [1.165, 1.54) is 25.7 Å². The molecular weight excluding hydrogens is 263 g/mol. The molecule has 1 aliphatic rings. The Bertz CT molecular complexity index is 411. The molecule has 0 heterocycles. The van der Waals surface area contributed by atoms with E-state index in [0.717, 1.165) is 30.2 Å². The molecule has 0 bridgehead atoms. The van der Waals surface area contributed by atoms with Gasteiger partial charge < -0.3 is 5.32 Å². The standard InChI is InChI=1S/C16H22F3N/c1-12-3-2-4-14(9-12)11-20-10-13-5-7-15(8-6-13)16(17,18)19/h5-8,12,14,20H,2-4,9-11H2,1H3. The maximum atomic E-state index is 12.4. The van der Waals surface area contributed by atoms with Crippen LogP contribution in [0, 0.1) is 11.8 Å². The van der Waals surface area contributed by atoms with Crippen molar-refractivity contribution in [1.29, 1.82) is 0 Å². The second-order valence-electron chi connectivity index (χ2n) is 5.96. The Morgan fingerprint density at radius 2 is 1.85 bits per heavy atom. The van der Waals surface area contributed by atoms with Crippen molar-refractivity contribution in [2.24, 2.45) is 11.8 Å². The van der Waals surface area contributed by atoms with Crippen LogP contribution in [0.4, 0.5) is 13.2 Å². The lowest BCUT2D eigenvalue weighted by Gasteiger charge is -2.26. The fraction of sp³-hybridized carbons (Fsp3) is 0.625. The quantitative estimate of drug-likeness (QED) is 0.851. The largest absolute Gasteiger partial charge is 0.416 e. The molecule has 20 heavy (non-hydrogen) atoms. The maximum absolute atomic E-state index is 12.4. The molecule has 0 amide bonds. The molecule has 1 aromatic rings. The number of benzene rings is 1. The summed E-state index contributed by atoms with van der Waals surface area (Å²) in [4.78, 5) is 0. The van der Waals surface area contributed by atoms with Crippen molar-refractivity contribution in [2.45, 2.75) is 45.3 Å². The summed E-state index contributed by atoms with van der Waals surface area (Å²) < 4.78 is 37.3. The zero-order valence-electron chi connectivity index (χ0n) is 11.8. The molecule has 2 atom stereocenters. The number of halogens is 3. The molecule has 0 aromatic heterocycles. The molecular formula is C16H22F3N. The molecule has 0 aliphatic heterocycles. The Morgan fingerprint density at radius 3 is 2.45 bits per heavy atom. The Morgan fingerprint density at radius 1 is 1.15 bits per heavy atom. The first-order chi connectivity index (χ1) is 9.45. The number of hydrogen-bond acceptors (Lipinski definition) is 1. The number of nitrogens with one attached hydrogen (secondary N) is 1. The summed E-state index contributed by atoms with van der Waals surface area (Å²) in [6.07, 6.45) is 0.914. The lowest BCUT2D eigenvalue weighted by molar-refractivity contribution is -0.137. The van der Waals surface area contributed by atoms with Crippen LogP contribution in [0.15, 0.2) is 24.3 Å². The third-order valence-corrected chi connectivity index (χ3v) is 4.09. The van der Waals surface area contributed by atoms with Gasteiger partial charge in [-0.3, -0.25) is 0 Å². The van der Waals surface area contributed by atoms with Crippen molar-refractivity contribution >= 4 is 0 Å². The molecule has 1 N–H and O–H groups in total. The average Bonchev–Trinajstić information content (AvgIpc) is 2.38. The van der Waals surface area contributed by atoms with Gasteiger partial charge >= 0.3 is 6.18 Å². The van der Waals surface area contributed by atoms with Crippen molar-refractivity contribution in [2.75, 3.05) is 6.54 Å². The zero-order valence-corrected chi connectivity index (χ0v) is 11.8. The van der Waals surface area contributed by atoms with E-state index in [1.54, 1.807) is 12.1 Å². The molecule has 1 aliphatic carbocycles. The predicted octanol–water partition coefficient (Wildman–Crippen LogP) is 4.62. The van der Waals surface area contributed by atoms with Crippen LogP contribution in [0.25, 0.3) is 0 Å². The fourth-order valence-corrected chi connectivity index (χ4v) is 2.98. The minimum absolute atomic E-state index is 0.581. The Balaban J connectivity index is 1.77. The molecule has 1 saturated carbocycles. The smallest absolute Gasteiger partial charge is 0.312 e. The molecule has 1 fully saturated rings. The van der Waals surface area contributed by atoms with Crippen LogP contribution in [0.2, 0.25) is 0 Å². The summed E-state index contributed by atoms with van der Waals surface area (Å²) in [6.45, 7) is 3.90. The molecule has 112 valence electrons. The highest BCUT2D eigenvalue weighted by Gasteiger charge is 2.29. The van der Waals surface area contributed by atoms with Crippen molar-refractivity contribution in [3.8, 4) is 0 Å². The van der Waals surface area contributed by atoms with Gasteiger partial charge in [0.25, 0.3) is 0 Å². The van der Waals surface area contributed by atoms with Crippen molar-refractivity contribution in [3.05, 3.63) is 35.4 Å². The van der Waals surface area contributed by atoms with Gasteiger partial charge in [0.1, 0.15) is 0 Å². The Kier molecular flexibility index (Phi) is 5.08. The van der Waals surface area contributed by atoms with Gasteiger partial charge in [-0.25, -0.2) is 0 Å². The summed E-state index contributed by atoms with van der Waals surface area (Å²) in [6, 6.07) is 5.41. The van der Waals surface area contributed by atoms with E-state index >= 15 is 0 Å². The van der Waals surface area contributed by atoms with Gasteiger partial charge in [-0.1, -0.05) is 31.9 Å². The number of rotatable bonds is 4. The highest BCUT2D eigenvalue weighted by atomic mass is 19.4. The van der Waals surface area contributed by atoms with E-state index in [4.69, 9.17) is 0 Å². The van der Waals surface area contributed by atoms with E-state index in [-0.39, 0.29) is 0 Å². The van der Waals surface area contributed by atoms with Crippen LogP contribution < -0.4 is 5.32 Å². The highest BCUT2D eigenvalue weighted by molar-refractivity contribution is 5.24. The normalized spacial score (nSPS) is 23.8. The third-order valence-electron chi connectivity index (χ3n) is 4.09. The Labute approximate surface area is 118 Å². The highest BCUT2D eigenvalue weighted by Crippen LogP contribution is 2.29. The molecule has 0 radical (unpaired) electrons. The molecule has 2 unspecified atom stereocenters. The number of hydrogen-bond donors (Lipinski definition) is 1. The summed E-state index contributed by atoms with van der Waals surface area (Å²) in [5.41, 5.74) is 0.323. The van der Waals surface area contributed by atoms with Crippen molar-refractivity contribution in [3.63, 3.8) is 0 Å². The van der Waals surface area contributed by atoms with E-state index in [9.17, 15) is 13.2 Å². The second-order valence-corrected chi connectivity index (χ2v) is 5.96. The van der Waals surface area contributed by atoms with Gasteiger partial charge in [-0.05, 0) is 48.9 Å². The van der Waals surface area contributed by atoms with Crippen molar-refractivity contribution < 1.29 is 13.2 Å². The van der Waals surface area contributed by atoms with Crippen LogP contribution in [0.5, 0.6) is 0 Å². The number of alkyl halides is 3. The van der Waals surface area contributed by atoms with E-state index < -0.39 is 11.7 Å². The van der Waals surface area contributed by atoms with Gasteiger partial charge in [0.05, 0.1) is 5.56 Å². The van der Waals surface area contributed by atoms with Crippen LogP contribution in [-0.4, -0.2) is 6.54 Å². The third kappa shape index (κ3) is 4.51. The van der Waals surface area contributed by atoms with Gasteiger partial charge in [0.2, 0.25) is 0 Å². The van der Waals surface area contributed by atoms with E-state index in [2.05, 4.69) is 12.2 Å². The minimum Gasteiger partial charge on any atom is -0.312 e. The first kappa shape index (κ1) is 15.4. The van der Waals surface area contributed by atoms with E-state index in [0.29, 0.717) is 12.5 Å². The summed E-state index contributed by atoms with van der Waals surface area (Å²) in [5, 5.41) is 3.37. The topological polar surface area (TPSA) is 12.0 Å². The van der Waals surface area contributed by atoms with Crippen molar-refractivity contribution in [1.82, 2.24) is 5.32 Å². The SMILES string of the molecule is CC1CCCC(CNCc2ccc(C(F)(F)F)cc2)C1. The molecule has 0 saturated heterocycles. The van der Waals surface area contributed by atoms with Crippen LogP contribution >= 0.6 is 0 Å². The molecule has 0 spiro atoms. The monoisotopic (exact) mass is 285 g/mol. The van der Waals surface area contributed by atoms with Gasteiger partial charge in [0.15, 0.2) is 0 Å².